The number of phenols is 1. The summed E-state index contributed by atoms with van der Waals surface area (Å²) >= 11 is 3.37. The van der Waals surface area contributed by atoms with Crippen LogP contribution in [0, 0.1) is 0 Å². The summed E-state index contributed by atoms with van der Waals surface area (Å²) in [4.78, 5) is 26.9. The Balaban J connectivity index is 1.83. The molecule has 2 aromatic carbocycles. The molecular formula is C28H30BrNO7. The first-order valence-electron chi connectivity index (χ1n) is 11.9. The van der Waals surface area contributed by atoms with E-state index in [1.165, 1.54) is 7.11 Å². The van der Waals surface area contributed by atoms with Gasteiger partial charge < -0.3 is 29.4 Å². The molecule has 9 heteroatoms. The molecule has 0 fully saturated rings. The zero-order valence-electron chi connectivity index (χ0n) is 21.4. The molecule has 2 aromatic rings. The molecule has 2 atom stereocenters. The maximum absolute atomic E-state index is 13.8. The van der Waals surface area contributed by atoms with Crippen LogP contribution in [0.25, 0.3) is 0 Å². The van der Waals surface area contributed by atoms with Crippen molar-refractivity contribution in [1.29, 1.82) is 0 Å². The Morgan fingerprint density at radius 1 is 1.03 bits per heavy atom. The van der Waals surface area contributed by atoms with Crippen molar-refractivity contribution >= 4 is 27.7 Å². The highest BCUT2D eigenvalue weighted by Gasteiger charge is 2.42. The van der Waals surface area contributed by atoms with Crippen LogP contribution in [0.5, 0.6) is 23.0 Å². The van der Waals surface area contributed by atoms with Gasteiger partial charge in [0.1, 0.15) is 0 Å². The Morgan fingerprint density at radius 3 is 2.35 bits per heavy atom. The van der Waals surface area contributed by atoms with Gasteiger partial charge in [0.2, 0.25) is 0 Å². The Hall–Kier alpha value is -3.46. The van der Waals surface area contributed by atoms with E-state index in [1.807, 2.05) is 18.2 Å². The van der Waals surface area contributed by atoms with Gasteiger partial charge in [-0.15, -0.1) is 0 Å². The normalized spacial score (nSPS) is 19.2. The fourth-order valence-corrected chi connectivity index (χ4v) is 5.57. The first-order chi connectivity index (χ1) is 17.7. The third-order valence-electron chi connectivity index (χ3n) is 6.81. The molecule has 0 spiro atoms. The van der Waals surface area contributed by atoms with Crippen molar-refractivity contribution in [2.45, 2.75) is 38.5 Å². The summed E-state index contributed by atoms with van der Waals surface area (Å²) in [5.74, 6) is 0.0566. The average molecular weight is 572 g/mol. The van der Waals surface area contributed by atoms with E-state index in [0.717, 1.165) is 11.3 Å². The largest absolute Gasteiger partial charge is 0.503 e. The number of halogens is 1. The molecule has 1 aliphatic heterocycles. The van der Waals surface area contributed by atoms with Crippen molar-refractivity contribution in [2.75, 3.05) is 27.9 Å². The van der Waals surface area contributed by atoms with Gasteiger partial charge in [-0.2, -0.15) is 0 Å². The lowest BCUT2D eigenvalue weighted by Gasteiger charge is -2.37. The van der Waals surface area contributed by atoms with Crippen LogP contribution in [0.3, 0.4) is 0 Å². The quantitative estimate of drug-likeness (QED) is 0.442. The molecule has 0 saturated heterocycles. The minimum atomic E-state index is -0.681. The zero-order chi connectivity index (χ0) is 26.9. The molecule has 0 radical (unpaired) electrons. The number of benzene rings is 2. The number of carbonyl (C=O) groups is 2. The van der Waals surface area contributed by atoms with Gasteiger partial charge in [-0.3, -0.25) is 4.79 Å². The monoisotopic (exact) mass is 571 g/mol. The molecule has 4 rings (SSSR count). The Kier molecular flexibility index (Phi) is 7.82. The molecule has 2 aliphatic rings. The van der Waals surface area contributed by atoms with E-state index in [4.69, 9.17) is 18.9 Å². The average Bonchev–Trinajstić information content (AvgIpc) is 2.88. The molecular weight excluding hydrogens is 542 g/mol. The van der Waals surface area contributed by atoms with Crippen LogP contribution in [0.1, 0.15) is 49.7 Å². The lowest BCUT2D eigenvalue weighted by Crippen LogP contribution is -2.36. The van der Waals surface area contributed by atoms with Gasteiger partial charge in [0.25, 0.3) is 0 Å². The second-order valence-corrected chi connectivity index (χ2v) is 9.76. The van der Waals surface area contributed by atoms with Gasteiger partial charge in [-0.05, 0) is 77.5 Å². The van der Waals surface area contributed by atoms with Crippen molar-refractivity contribution in [3.05, 3.63) is 68.5 Å². The molecule has 1 heterocycles. The molecule has 2 N–H and O–H groups in total. The number of ketones is 1. The van der Waals surface area contributed by atoms with Crippen molar-refractivity contribution in [1.82, 2.24) is 5.32 Å². The number of carbonyl (C=O) groups excluding carboxylic acids is 2. The summed E-state index contributed by atoms with van der Waals surface area (Å²) in [6.45, 7) is 3.75. The number of hydrogen-bond donors (Lipinski definition) is 2. The maximum atomic E-state index is 13.8. The number of nitrogens with one attached hydrogen (secondary N) is 1. The molecule has 0 unspecified atom stereocenters. The van der Waals surface area contributed by atoms with Crippen LogP contribution in [-0.2, 0) is 14.3 Å². The Bertz CT molecular complexity index is 1310. The molecule has 0 aromatic heterocycles. The maximum Gasteiger partial charge on any atom is 0.336 e. The molecule has 8 nitrogen and oxygen atoms in total. The number of esters is 1. The number of methoxy groups -OCH3 is 3. The predicted octanol–water partition coefficient (Wildman–Crippen LogP) is 5.11. The number of aromatic hydroxyl groups is 1. The molecule has 0 saturated carbocycles. The first kappa shape index (κ1) is 26.6. The van der Waals surface area contributed by atoms with Crippen LogP contribution in [-0.4, -0.2) is 44.8 Å². The zero-order valence-corrected chi connectivity index (χ0v) is 23.0. The lowest BCUT2D eigenvalue weighted by atomic mass is 9.71. The van der Waals surface area contributed by atoms with E-state index in [9.17, 15) is 14.7 Å². The summed E-state index contributed by atoms with van der Waals surface area (Å²) in [5.41, 5.74) is 3.85. The number of allylic oxidation sites excluding steroid dienone is 3. The number of Topliss-reactive ketones (excluding diaryl/α,β-unsaturated/α-hetero) is 1. The molecule has 0 amide bonds. The standard InChI is InChI=1S/C28H30BrNO7/c1-6-37-28(33)24-14(2)30-19-10-16(15-7-8-21(34-3)22(12-15)35-4)11-20(31)26(19)25(24)17-9-18(29)27(32)23(13-17)36-5/h7-9,12-13,16,25,30,32H,6,10-11H2,1-5H3/t16-,25-/m1/s1. The van der Waals surface area contributed by atoms with Crippen LogP contribution in [0.2, 0.25) is 0 Å². The lowest BCUT2D eigenvalue weighted by molar-refractivity contribution is -0.138. The molecule has 196 valence electrons. The fourth-order valence-electron chi connectivity index (χ4n) is 5.11. The number of dihydropyridines is 1. The highest BCUT2D eigenvalue weighted by atomic mass is 79.9. The van der Waals surface area contributed by atoms with Gasteiger partial charge in [-0.25, -0.2) is 4.79 Å². The third kappa shape index (κ3) is 4.92. The van der Waals surface area contributed by atoms with E-state index >= 15 is 0 Å². The fraction of sp³-hybridized carbons (Fsp3) is 0.357. The van der Waals surface area contributed by atoms with Crippen molar-refractivity contribution in [3.63, 3.8) is 0 Å². The smallest absolute Gasteiger partial charge is 0.336 e. The number of hydrogen-bond acceptors (Lipinski definition) is 8. The Morgan fingerprint density at radius 2 is 1.70 bits per heavy atom. The molecule has 37 heavy (non-hydrogen) atoms. The van der Waals surface area contributed by atoms with Crippen molar-refractivity contribution < 1.29 is 33.6 Å². The summed E-state index contributed by atoms with van der Waals surface area (Å²) in [6, 6.07) is 9.04. The van der Waals surface area contributed by atoms with E-state index < -0.39 is 11.9 Å². The van der Waals surface area contributed by atoms with Crippen molar-refractivity contribution in [2.24, 2.45) is 0 Å². The van der Waals surface area contributed by atoms with Gasteiger partial charge in [0.15, 0.2) is 28.8 Å². The molecule has 1 aliphatic carbocycles. The van der Waals surface area contributed by atoms with Crippen LogP contribution in [0.4, 0.5) is 0 Å². The van der Waals surface area contributed by atoms with Crippen LogP contribution in [0.15, 0.2) is 57.3 Å². The topological polar surface area (TPSA) is 103 Å². The Labute approximate surface area is 224 Å². The first-order valence-corrected chi connectivity index (χ1v) is 12.7. The van der Waals surface area contributed by atoms with Gasteiger partial charge in [0, 0.05) is 29.3 Å². The van der Waals surface area contributed by atoms with Crippen LogP contribution >= 0.6 is 15.9 Å². The number of ether oxygens (including phenoxy) is 4. The summed E-state index contributed by atoms with van der Waals surface area (Å²) in [5, 5.41) is 13.7. The minimum Gasteiger partial charge on any atom is -0.503 e. The second-order valence-electron chi connectivity index (χ2n) is 8.91. The van der Waals surface area contributed by atoms with E-state index in [0.29, 0.717) is 44.8 Å². The number of rotatable bonds is 7. The predicted molar refractivity (Wildman–Crippen MR) is 141 cm³/mol. The number of phenolic OH excluding ortho intramolecular Hbond substituents is 1. The van der Waals surface area contributed by atoms with E-state index in [-0.39, 0.29) is 36.2 Å². The summed E-state index contributed by atoms with van der Waals surface area (Å²) < 4.78 is 22.0. The SMILES string of the molecule is CCOC(=O)C1=C(C)NC2=C(C(=O)C[C@H](c3ccc(OC)c(OC)c3)C2)[C@@H]1c1cc(Br)c(O)c(OC)c1. The summed E-state index contributed by atoms with van der Waals surface area (Å²) in [6.07, 6.45) is 0.828. The van der Waals surface area contributed by atoms with Crippen LogP contribution < -0.4 is 19.5 Å². The van der Waals surface area contributed by atoms with E-state index in [2.05, 4.69) is 21.2 Å². The van der Waals surface area contributed by atoms with Gasteiger partial charge in [0.05, 0.1) is 38.0 Å². The highest BCUT2D eigenvalue weighted by molar-refractivity contribution is 9.10. The third-order valence-corrected chi connectivity index (χ3v) is 7.41. The second kappa shape index (κ2) is 10.9. The molecule has 0 bridgehead atoms. The minimum absolute atomic E-state index is 0.0590. The highest BCUT2D eigenvalue weighted by Crippen LogP contribution is 2.48. The van der Waals surface area contributed by atoms with E-state index in [1.54, 1.807) is 40.2 Å². The van der Waals surface area contributed by atoms with Gasteiger partial charge >= 0.3 is 5.97 Å². The van der Waals surface area contributed by atoms with Gasteiger partial charge in [-0.1, -0.05) is 6.07 Å². The summed E-state index contributed by atoms with van der Waals surface area (Å²) in [7, 11) is 4.61. The van der Waals surface area contributed by atoms with Crippen molar-refractivity contribution in [3.8, 4) is 23.0 Å².